The van der Waals surface area contributed by atoms with E-state index in [9.17, 15) is 9.59 Å². The van der Waals surface area contributed by atoms with Crippen molar-refractivity contribution in [2.75, 3.05) is 25.0 Å². The van der Waals surface area contributed by atoms with Gasteiger partial charge in [0.05, 0.1) is 6.33 Å². The number of aromatic nitrogens is 4. The van der Waals surface area contributed by atoms with Gasteiger partial charge in [-0.15, -0.1) is 0 Å². The van der Waals surface area contributed by atoms with Crippen molar-refractivity contribution in [2.45, 2.75) is 58.0 Å². The van der Waals surface area contributed by atoms with Crippen LogP contribution in [-0.4, -0.2) is 61.9 Å². The molecule has 0 unspecified atom stereocenters. The first-order valence-electron chi connectivity index (χ1n) is 12.2. The molecule has 5 rings (SSSR count). The number of nitrogens with one attached hydrogen (secondary N) is 2. The molecule has 1 saturated heterocycles. The summed E-state index contributed by atoms with van der Waals surface area (Å²) >= 11 is 0. The highest BCUT2D eigenvalue weighted by molar-refractivity contribution is 5.95. The maximum Gasteiger partial charge on any atom is 0.251 e. The third-order valence-corrected chi connectivity index (χ3v) is 6.36. The third kappa shape index (κ3) is 4.73. The first-order chi connectivity index (χ1) is 16.5. The van der Waals surface area contributed by atoms with Gasteiger partial charge in [-0.3, -0.25) is 9.59 Å². The summed E-state index contributed by atoms with van der Waals surface area (Å²) in [6.07, 6.45) is 6.37. The molecule has 178 valence electrons. The van der Waals surface area contributed by atoms with Crippen molar-refractivity contribution < 1.29 is 9.59 Å². The second-order valence-electron chi connectivity index (χ2n) is 9.40. The largest absolute Gasteiger partial charge is 0.368 e. The number of likely N-dealkylation sites (tertiary alicyclic amines) is 1. The Bertz CT molecular complexity index is 1200. The Kier molecular flexibility index (Phi) is 6.17. The monoisotopic (exact) mass is 461 g/mol. The first kappa shape index (κ1) is 22.3. The molecule has 2 N–H and O–H groups in total. The maximum atomic E-state index is 12.3. The van der Waals surface area contributed by atoms with Crippen molar-refractivity contribution >= 4 is 28.8 Å². The van der Waals surface area contributed by atoms with E-state index in [2.05, 4.69) is 29.5 Å². The third-order valence-electron chi connectivity index (χ3n) is 6.36. The normalized spacial score (nSPS) is 16.0. The van der Waals surface area contributed by atoms with Crippen LogP contribution in [0.3, 0.4) is 0 Å². The number of amides is 2. The van der Waals surface area contributed by atoms with Gasteiger partial charge in [-0.05, 0) is 51.7 Å². The second kappa shape index (κ2) is 9.40. The number of benzene rings is 1. The van der Waals surface area contributed by atoms with E-state index in [4.69, 9.17) is 9.97 Å². The second-order valence-corrected chi connectivity index (χ2v) is 9.40. The fraction of sp³-hybridized carbons (Fsp3) is 0.480. The summed E-state index contributed by atoms with van der Waals surface area (Å²) in [6.45, 7) is 6.47. The average Bonchev–Trinajstić information content (AvgIpc) is 3.38. The van der Waals surface area contributed by atoms with Crippen LogP contribution in [0.15, 0.2) is 30.6 Å². The Balaban J connectivity index is 1.37. The molecule has 0 bridgehead atoms. The molecule has 9 heteroatoms. The van der Waals surface area contributed by atoms with E-state index in [1.54, 1.807) is 6.33 Å². The van der Waals surface area contributed by atoms with Gasteiger partial charge in [-0.1, -0.05) is 12.1 Å². The lowest BCUT2D eigenvalue weighted by atomic mass is 10.1. The molecule has 3 aromatic rings. The maximum absolute atomic E-state index is 12.3. The summed E-state index contributed by atoms with van der Waals surface area (Å²) in [6, 6.07) is 7.95. The predicted octanol–water partition coefficient (Wildman–Crippen LogP) is 3.39. The number of hydrogen-bond acceptors (Lipinski definition) is 6. The molecular weight excluding hydrogens is 430 g/mol. The van der Waals surface area contributed by atoms with Gasteiger partial charge in [0.25, 0.3) is 5.91 Å². The number of carbonyl (C=O) groups is 2. The van der Waals surface area contributed by atoms with Gasteiger partial charge in [0.2, 0.25) is 5.91 Å². The lowest BCUT2D eigenvalue weighted by Crippen LogP contribution is -2.27. The Morgan fingerprint density at radius 3 is 2.65 bits per heavy atom. The zero-order valence-electron chi connectivity index (χ0n) is 19.8. The molecular formula is C25H31N7O2. The van der Waals surface area contributed by atoms with Crippen molar-refractivity contribution in [2.24, 2.45) is 0 Å². The van der Waals surface area contributed by atoms with Crippen LogP contribution < -0.4 is 10.6 Å². The van der Waals surface area contributed by atoms with Crippen LogP contribution in [0, 0.1) is 0 Å². The summed E-state index contributed by atoms with van der Waals surface area (Å²) in [4.78, 5) is 40.3. The topological polar surface area (TPSA) is 105 Å². The van der Waals surface area contributed by atoms with E-state index in [1.807, 2.05) is 33.7 Å². The number of carbonyl (C=O) groups excluding carboxylic acids is 2. The first-order valence-corrected chi connectivity index (χ1v) is 12.2. The van der Waals surface area contributed by atoms with Crippen LogP contribution in [-0.2, 0) is 4.79 Å². The van der Waals surface area contributed by atoms with Crippen molar-refractivity contribution in [3.8, 4) is 11.4 Å². The zero-order chi connectivity index (χ0) is 23.7. The standard InChI is InChI=1S/C25H31N7O2/c1-16(2)32-15-27-21-23(26-12-4-14-31-13-3-5-20(31)33)29-22(30-24(21)32)17-6-8-18(9-7-17)25(34)28-19-10-11-19/h6-9,15-16,19H,3-5,10-14H2,1-2H3,(H,28,34)(H,26,29,30). The fourth-order valence-corrected chi connectivity index (χ4v) is 4.23. The Hall–Kier alpha value is -3.49. The number of nitrogens with zero attached hydrogens (tertiary/aromatic N) is 5. The molecule has 2 aromatic heterocycles. The SMILES string of the molecule is CC(C)n1cnc2c(NCCCN3CCCC3=O)nc(-c3ccc(C(=O)NC4CC4)cc3)nc21. The average molecular weight is 462 g/mol. The summed E-state index contributed by atoms with van der Waals surface area (Å²) < 4.78 is 2.03. The molecule has 3 heterocycles. The number of rotatable bonds is 9. The zero-order valence-corrected chi connectivity index (χ0v) is 19.8. The van der Waals surface area contributed by atoms with Gasteiger partial charge in [0, 0.05) is 49.3 Å². The van der Waals surface area contributed by atoms with Gasteiger partial charge in [-0.25, -0.2) is 15.0 Å². The quantitative estimate of drug-likeness (QED) is 0.473. The smallest absolute Gasteiger partial charge is 0.251 e. The minimum absolute atomic E-state index is 0.0397. The van der Waals surface area contributed by atoms with Crippen molar-refractivity contribution in [1.29, 1.82) is 0 Å². The van der Waals surface area contributed by atoms with Crippen LogP contribution in [0.4, 0.5) is 5.82 Å². The van der Waals surface area contributed by atoms with Gasteiger partial charge in [-0.2, -0.15) is 0 Å². The molecule has 1 aliphatic heterocycles. The summed E-state index contributed by atoms with van der Waals surface area (Å²) in [5, 5.41) is 6.43. The van der Waals surface area contributed by atoms with E-state index < -0.39 is 0 Å². The molecule has 0 spiro atoms. The molecule has 1 saturated carbocycles. The molecule has 2 aliphatic rings. The lowest BCUT2D eigenvalue weighted by molar-refractivity contribution is -0.127. The van der Waals surface area contributed by atoms with Crippen LogP contribution >= 0.6 is 0 Å². The lowest BCUT2D eigenvalue weighted by Gasteiger charge is -2.16. The number of fused-ring (bicyclic) bond motifs is 1. The molecule has 0 radical (unpaired) electrons. The van der Waals surface area contributed by atoms with Crippen LogP contribution in [0.2, 0.25) is 0 Å². The van der Waals surface area contributed by atoms with Gasteiger partial charge in [0.15, 0.2) is 17.3 Å². The van der Waals surface area contributed by atoms with E-state index in [1.165, 1.54) is 0 Å². The van der Waals surface area contributed by atoms with Gasteiger partial charge in [0.1, 0.15) is 5.52 Å². The molecule has 2 amide bonds. The minimum atomic E-state index is -0.0397. The highest BCUT2D eigenvalue weighted by Crippen LogP contribution is 2.26. The molecule has 1 aliphatic carbocycles. The Morgan fingerprint density at radius 2 is 1.97 bits per heavy atom. The Labute approximate surface area is 199 Å². The van der Waals surface area contributed by atoms with Crippen LogP contribution in [0.5, 0.6) is 0 Å². The molecule has 0 atom stereocenters. The fourth-order valence-electron chi connectivity index (χ4n) is 4.23. The highest BCUT2D eigenvalue weighted by Gasteiger charge is 2.24. The van der Waals surface area contributed by atoms with Crippen LogP contribution in [0.1, 0.15) is 62.4 Å². The molecule has 2 fully saturated rings. The summed E-state index contributed by atoms with van der Waals surface area (Å²) in [5.74, 6) is 1.47. The predicted molar refractivity (Wildman–Crippen MR) is 131 cm³/mol. The number of hydrogen-bond donors (Lipinski definition) is 2. The van der Waals surface area contributed by atoms with E-state index in [0.29, 0.717) is 36.2 Å². The van der Waals surface area contributed by atoms with Crippen LogP contribution in [0.25, 0.3) is 22.6 Å². The van der Waals surface area contributed by atoms with Crippen molar-refractivity contribution in [3.63, 3.8) is 0 Å². The summed E-state index contributed by atoms with van der Waals surface area (Å²) in [7, 11) is 0. The highest BCUT2D eigenvalue weighted by atomic mass is 16.2. The van der Waals surface area contributed by atoms with Gasteiger partial charge >= 0.3 is 0 Å². The van der Waals surface area contributed by atoms with Crippen molar-refractivity contribution in [1.82, 2.24) is 29.7 Å². The number of anilines is 1. The van der Waals surface area contributed by atoms with E-state index >= 15 is 0 Å². The molecule has 34 heavy (non-hydrogen) atoms. The number of imidazole rings is 1. The Morgan fingerprint density at radius 1 is 1.18 bits per heavy atom. The van der Waals surface area contributed by atoms with Crippen molar-refractivity contribution in [3.05, 3.63) is 36.2 Å². The molecule has 9 nitrogen and oxygen atoms in total. The molecule has 1 aromatic carbocycles. The van der Waals surface area contributed by atoms with E-state index in [0.717, 1.165) is 55.5 Å². The van der Waals surface area contributed by atoms with Gasteiger partial charge < -0.3 is 20.1 Å². The minimum Gasteiger partial charge on any atom is -0.368 e. The summed E-state index contributed by atoms with van der Waals surface area (Å²) in [5.41, 5.74) is 2.98. The van der Waals surface area contributed by atoms with E-state index in [-0.39, 0.29) is 17.9 Å².